The first-order chi connectivity index (χ1) is 16.6. The lowest BCUT2D eigenvalue weighted by molar-refractivity contribution is 0.226. The molecule has 1 fully saturated rings. The van der Waals surface area contributed by atoms with Gasteiger partial charge in [-0.1, -0.05) is 62.4 Å². The second-order valence-electron chi connectivity index (χ2n) is 9.38. The average molecular weight is 476 g/mol. The standard InChI is InChI=1S/C30H38ClN3/c1-4-26-14-15-29(22-27(26)12-10-18-32-16-7-6-8-17-32)34-20-19-33-23-25(21-30(33)24(34)3)11-9-13-28(31)5-2/h5,9,11,13-15,21-23H,2-4,6-8,10,12,16-20H2,1H3/b11-9+,28-13+. The van der Waals surface area contributed by atoms with E-state index in [4.69, 9.17) is 11.6 Å². The molecule has 34 heavy (non-hydrogen) atoms. The van der Waals surface area contributed by atoms with Crippen LogP contribution in [-0.4, -0.2) is 35.6 Å². The Labute approximate surface area is 210 Å². The van der Waals surface area contributed by atoms with E-state index in [-0.39, 0.29) is 0 Å². The zero-order valence-corrected chi connectivity index (χ0v) is 21.4. The minimum atomic E-state index is 0.637. The van der Waals surface area contributed by atoms with Crippen LogP contribution in [0.2, 0.25) is 0 Å². The lowest BCUT2D eigenvalue weighted by Gasteiger charge is -2.33. The summed E-state index contributed by atoms with van der Waals surface area (Å²) in [6, 6.07) is 9.23. The highest BCUT2D eigenvalue weighted by molar-refractivity contribution is 6.31. The van der Waals surface area contributed by atoms with Gasteiger partial charge in [0.1, 0.15) is 0 Å². The Balaban J connectivity index is 1.46. The molecule has 2 aromatic rings. The molecule has 0 unspecified atom stereocenters. The van der Waals surface area contributed by atoms with Gasteiger partial charge in [-0.15, -0.1) is 0 Å². The van der Waals surface area contributed by atoms with Crippen LogP contribution in [0.4, 0.5) is 5.69 Å². The second kappa shape index (κ2) is 11.8. The van der Waals surface area contributed by atoms with Gasteiger partial charge in [0.25, 0.3) is 0 Å². The van der Waals surface area contributed by atoms with Gasteiger partial charge in [0, 0.05) is 30.0 Å². The summed E-state index contributed by atoms with van der Waals surface area (Å²) in [6.45, 7) is 16.1. The summed E-state index contributed by atoms with van der Waals surface area (Å²) in [7, 11) is 0. The minimum Gasteiger partial charge on any atom is -0.344 e. The fraction of sp³-hybridized carbons (Fsp3) is 0.400. The predicted octanol–water partition coefficient (Wildman–Crippen LogP) is 7.28. The number of aromatic nitrogens is 1. The molecule has 1 saturated heterocycles. The molecule has 0 N–H and O–H groups in total. The first kappa shape index (κ1) is 24.6. The number of rotatable bonds is 9. The van der Waals surface area contributed by atoms with Gasteiger partial charge in [0.2, 0.25) is 0 Å². The maximum Gasteiger partial charge on any atom is 0.0648 e. The number of piperidine rings is 1. The third-order valence-electron chi connectivity index (χ3n) is 7.09. The number of nitrogens with zero attached hydrogens (tertiary/aromatic N) is 3. The lowest BCUT2D eigenvalue weighted by atomic mass is 9.99. The monoisotopic (exact) mass is 475 g/mol. The van der Waals surface area contributed by atoms with Crippen LogP contribution in [0.3, 0.4) is 0 Å². The highest BCUT2D eigenvalue weighted by atomic mass is 35.5. The molecular weight excluding hydrogens is 438 g/mol. The summed E-state index contributed by atoms with van der Waals surface area (Å²) < 4.78 is 2.30. The van der Waals surface area contributed by atoms with E-state index >= 15 is 0 Å². The van der Waals surface area contributed by atoms with Crippen molar-refractivity contribution in [2.45, 2.75) is 52.0 Å². The van der Waals surface area contributed by atoms with E-state index < -0.39 is 0 Å². The van der Waals surface area contributed by atoms with E-state index in [0.717, 1.165) is 37.2 Å². The normalized spacial score (nSPS) is 17.4. The number of hydrogen-bond acceptors (Lipinski definition) is 2. The molecule has 0 radical (unpaired) electrons. The number of aryl methyl sites for hydroxylation is 2. The largest absolute Gasteiger partial charge is 0.344 e. The Hall–Kier alpha value is -2.49. The van der Waals surface area contributed by atoms with Crippen molar-refractivity contribution in [3.63, 3.8) is 0 Å². The summed E-state index contributed by atoms with van der Waals surface area (Å²) in [5.41, 5.74) is 7.64. The van der Waals surface area contributed by atoms with Crippen LogP contribution in [0.25, 0.3) is 11.8 Å². The Bertz CT molecular complexity index is 1070. The van der Waals surface area contributed by atoms with Crippen molar-refractivity contribution in [2.75, 3.05) is 31.1 Å². The van der Waals surface area contributed by atoms with E-state index in [1.54, 1.807) is 6.08 Å². The summed E-state index contributed by atoms with van der Waals surface area (Å²) >= 11 is 6.01. The van der Waals surface area contributed by atoms with Gasteiger partial charge in [0.05, 0.1) is 11.4 Å². The van der Waals surface area contributed by atoms with Gasteiger partial charge in [0.15, 0.2) is 0 Å². The zero-order chi connectivity index (χ0) is 23.9. The van der Waals surface area contributed by atoms with Crippen molar-refractivity contribution < 1.29 is 0 Å². The Morgan fingerprint density at radius 3 is 2.65 bits per heavy atom. The molecule has 0 saturated carbocycles. The first-order valence-corrected chi connectivity index (χ1v) is 13.1. The molecule has 0 spiro atoms. The molecule has 2 aliphatic rings. The van der Waals surface area contributed by atoms with Gasteiger partial charge in [-0.25, -0.2) is 0 Å². The van der Waals surface area contributed by atoms with Crippen LogP contribution in [0.15, 0.2) is 66.9 Å². The fourth-order valence-corrected chi connectivity index (χ4v) is 5.24. The summed E-state index contributed by atoms with van der Waals surface area (Å²) in [4.78, 5) is 5.03. The van der Waals surface area contributed by atoms with Crippen LogP contribution in [0.1, 0.15) is 55.0 Å². The van der Waals surface area contributed by atoms with Crippen LogP contribution >= 0.6 is 11.6 Å². The van der Waals surface area contributed by atoms with Crippen LogP contribution in [0.5, 0.6) is 0 Å². The molecule has 0 aliphatic carbocycles. The number of likely N-dealkylation sites (tertiary alicyclic amines) is 1. The van der Waals surface area contributed by atoms with Gasteiger partial charge in [-0.05, 0) is 92.7 Å². The predicted molar refractivity (Wildman–Crippen MR) is 148 cm³/mol. The van der Waals surface area contributed by atoms with Gasteiger partial charge in [-0.2, -0.15) is 0 Å². The van der Waals surface area contributed by atoms with Crippen molar-refractivity contribution >= 4 is 29.1 Å². The Kier molecular flexibility index (Phi) is 8.53. The zero-order valence-electron chi connectivity index (χ0n) is 20.6. The quantitative estimate of drug-likeness (QED) is 0.353. The molecule has 4 rings (SSSR count). The molecule has 1 aromatic heterocycles. The highest BCUT2D eigenvalue weighted by Crippen LogP contribution is 2.32. The topological polar surface area (TPSA) is 11.4 Å². The molecule has 3 heterocycles. The maximum atomic E-state index is 6.01. The summed E-state index contributed by atoms with van der Waals surface area (Å²) in [5.74, 6) is 0. The second-order valence-corrected chi connectivity index (χ2v) is 9.81. The van der Waals surface area contributed by atoms with E-state index in [1.807, 2.05) is 12.2 Å². The third kappa shape index (κ3) is 5.95. The molecule has 180 valence electrons. The van der Waals surface area contributed by atoms with Gasteiger partial charge in [-0.3, -0.25) is 0 Å². The van der Waals surface area contributed by atoms with Crippen molar-refractivity contribution in [1.29, 1.82) is 0 Å². The van der Waals surface area contributed by atoms with Crippen molar-refractivity contribution in [1.82, 2.24) is 9.47 Å². The smallest absolute Gasteiger partial charge is 0.0648 e. The molecule has 4 heteroatoms. The van der Waals surface area contributed by atoms with E-state index in [1.165, 1.54) is 67.8 Å². The molecule has 2 aliphatic heterocycles. The number of halogens is 1. The highest BCUT2D eigenvalue weighted by Gasteiger charge is 2.22. The molecule has 0 atom stereocenters. The summed E-state index contributed by atoms with van der Waals surface area (Å²) in [5, 5.41) is 0.637. The first-order valence-electron chi connectivity index (χ1n) is 12.8. The summed E-state index contributed by atoms with van der Waals surface area (Å²) in [6.07, 6.45) is 17.3. The van der Waals surface area contributed by atoms with Crippen LogP contribution < -0.4 is 4.90 Å². The minimum absolute atomic E-state index is 0.637. The van der Waals surface area contributed by atoms with E-state index in [2.05, 4.69) is 71.0 Å². The molecule has 1 aromatic carbocycles. The average Bonchev–Trinajstić information content (AvgIpc) is 3.29. The molecular formula is C30H38ClN3. The number of fused-ring (bicyclic) bond motifs is 1. The molecule has 3 nitrogen and oxygen atoms in total. The van der Waals surface area contributed by atoms with Crippen molar-refractivity contribution in [3.05, 3.63) is 89.3 Å². The lowest BCUT2D eigenvalue weighted by Crippen LogP contribution is -2.31. The van der Waals surface area contributed by atoms with E-state index in [0.29, 0.717) is 5.03 Å². The Morgan fingerprint density at radius 2 is 1.88 bits per heavy atom. The number of allylic oxidation sites excluding steroid dienone is 4. The molecule has 0 bridgehead atoms. The van der Waals surface area contributed by atoms with Gasteiger partial charge < -0.3 is 14.4 Å². The van der Waals surface area contributed by atoms with Gasteiger partial charge >= 0.3 is 0 Å². The van der Waals surface area contributed by atoms with Crippen molar-refractivity contribution in [2.24, 2.45) is 0 Å². The number of hydrogen-bond donors (Lipinski definition) is 0. The number of benzene rings is 1. The van der Waals surface area contributed by atoms with Crippen molar-refractivity contribution in [3.8, 4) is 0 Å². The maximum absolute atomic E-state index is 6.01. The molecule has 0 amide bonds. The van der Waals surface area contributed by atoms with Crippen LogP contribution in [-0.2, 0) is 19.4 Å². The Morgan fingerprint density at radius 1 is 1.06 bits per heavy atom. The number of anilines is 1. The van der Waals surface area contributed by atoms with Crippen LogP contribution in [0, 0.1) is 0 Å². The van der Waals surface area contributed by atoms with E-state index in [9.17, 15) is 0 Å². The SMILES string of the molecule is C=C/C(Cl)=C\C=C\c1cc2n(c1)CCN(c1ccc(CC)c(CCCN3CCCCC3)c1)C2=C. The fourth-order valence-electron chi connectivity index (χ4n) is 5.17. The third-order valence-corrected chi connectivity index (χ3v) is 7.37.